The molecule has 0 bridgehead atoms. The van der Waals surface area contributed by atoms with Gasteiger partial charge in [-0.25, -0.2) is 4.98 Å². The number of rotatable bonds is 5. The molecule has 0 radical (unpaired) electrons. The number of halogens is 2. The van der Waals surface area contributed by atoms with Crippen LogP contribution in [0, 0.1) is 0 Å². The van der Waals surface area contributed by atoms with E-state index in [0.29, 0.717) is 6.54 Å². The first-order valence-electron chi connectivity index (χ1n) is 5.71. The second-order valence-electron chi connectivity index (χ2n) is 4.17. The number of aromatic nitrogens is 1. The minimum atomic E-state index is 0.0695. The Labute approximate surface area is 125 Å². The van der Waals surface area contributed by atoms with E-state index in [-0.39, 0.29) is 5.91 Å². The zero-order valence-electron chi connectivity index (χ0n) is 10.8. The highest BCUT2D eigenvalue weighted by molar-refractivity contribution is 9.11. The van der Waals surface area contributed by atoms with Crippen molar-refractivity contribution in [1.29, 1.82) is 0 Å². The number of anilines is 1. The Bertz CT molecular complexity index is 424. The standard InChI is InChI=1S/C12H17Br2N3O/c1-4-5-17(8-11(18)16(2)3)12-10(14)6-9(13)7-15-12/h6-7H,4-5,8H2,1-3H3. The molecule has 0 N–H and O–H groups in total. The third-order valence-corrected chi connectivity index (χ3v) is 3.42. The molecule has 0 saturated heterocycles. The fourth-order valence-corrected chi connectivity index (χ4v) is 2.71. The van der Waals surface area contributed by atoms with Gasteiger partial charge in [0.05, 0.1) is 11.0 Å². The second kappa shape index (κ2) is 7.09. The number of pyridine rings is 1. The quantitative estimate of drug-likeness (QED) is 0.790. The third kappa shape index (κ3) is 4.24. The lowest BCUT2D eigenvalue weighted by atomic mass is 10.3. The molecule has 0 aliphatic rings. The summed E-state index contributed by atoms with van der Waals surface area (Å²) in [6.07, 6.45) is 2.70. The minimum Gasteiger partial charge on any atom is -0.347 e. The fraction of sp³-hybridized carbons (Fsp3) is 0.500. The predicted octanol–water partition coefficient (Wildman–Crippen LogP) is 2.91. The number of carbonyl (C=O) groups is 1. The van der Waals surface area contributed by atoms with Gasteiger partial charge in [-0.05, 0) is 44.3 Å². The highest BCUT2D eigenvalue weighted by Gasteiger charge is 2.16. The molecule has 0 spiro atoms. The maximum atomic E-state index is 11.8. The smallest absolute Gasteiger partial charge is 0.241 e. The van der Waals surface area contributed by atoms with Gasteiger partial charge < -0.3 is 9.80 Å². The molecule has 1 aromatic rings. The topological polar surface area (TPSA) is 36.4 Å². The van der Waals surface area contributed by atoms with Crippen LogP contribution >= 0.6 is 31.9 Å². The second-order valence-corrected chi connectivity index (χ2v) is 5.94. The molecule has 0 atom stereocenters. The van der Waals surface area contributed by atoms with E-state index in [1.54, 1.807) is 25.2 Å². The molecule has 0 aliphatic carbocycles. The van der Waals surface area contributed by atoms with E-state index in [4.69, 9.17) is 0 Å². The maximum Gasteiger partial charge on any atom is 0.241 e. The zero-order chi connectivity index (χ0) is 13.7. The van der Waals surface area contributed by atoms with Gasteiger partial charge in [0.25, 0.3) is 0 Å². The Morgan fingerprint density at radius 2 is 2.06 bits per heavy atom. The van der Waals surface area contributed by atoms with Crippen molar-refractivity contribution in [3.8, 4) is 0 Å². The van der Waals surface area contributed by atoms with Crippen molar-refractivity contribution >= 4 is 43.6 Å². The Kier molecular flexibility index (Phi) is 6.08. The van der Waals surface area contributed by atoms with E-state index in [9.17, 15) is 4.79 Å². The largest absolute Gasteiger partial charge is 0.347 e. The lowest BCUT2D eigenvalue weighted by Crippen LogP contribution is -2.37. The normalized spacial score (nSPS) is 10.3. The Morgan fingerprint density at radius 1 is 1.39 bits per heavy atom. The third-order valence-electron chi connectivity index (χ3n) is 2.41. The van der Waals surface area contributed by atoms with Gasteiger partial charge in [-0.15, -0.1) is 0 Å². The summed E-state index contributed by atoms with van der Waals surface area (Å²) in [6, 6.07) is 1.94. The first-order valence-corrected chi connectivity index (χ1v) is 7.30. The van der Waals surface area contributed by atoms with E-state index in [2.05, 4.69) is 43.8 Å². The van der Waals surface area contributed by atoms with Crippen molar-refractivity contribution in [2.75, 3.05) is 32.1 Å². The molecule has 0 aliphatic heterocycles. The Morgan fingerprint density at radius 3 is 2.56 bits per heavy atom. The maximum absolute atomic E-state index is 11.8. The number of likely N-dealkylation sites (N-methyl/N-ethyl adjacent to an activating group) is 1. The van der Waals surface area contributed by atoms with Crippen molar-refractivity contribution in [2.24, 2.45) is 0 Å². The molecule has 0 aromatic carbocycles. The molecule has 0 fully saturated rings. The summed E-state index contributed by atoms with van der Waals surface area (Å²) in [5, 5.41) is 0. The van der Waals surface area contributed by atoms with Crippen LogP contribution in [0.3, 0.4) is 0 Å². The lowest BCUT2D eigenvalue weighted by Gasteiger charge is -2.25. The van der Waals surface area contributed by atoms with Crippen LogP contribution in [-0.2, 0) is 4.79 Å². The van der Waals surface area contributed by atoms with Crippen molar-refractivity contribution in [3.63, 3.8) is 0 Å². The van der Waals surface area contributed by atoms with Gasteiger partial charge in [0.15, 0.2) is 0 Å². The van der Waals surface area contributed by atoms with E-state index >= 15 is 0 Å². The summed E-state index contributed by atoms with van der Waals surface area (Å²) in [6.45, 7) is 3.22. The van der Waals surface area contributed by atoms with E-state index in [1.807, 2.05) is 11.0 Å². The van der Waals surface area contributed by atoms with E-state index in [1.165, 1.54) is 0 Å². The van der Waals surface area contributed by atoms with Gasteiger partial charge in [0.2, 0.25) is 5.91 Å². The number of amides is 1. The molecule has 18 heavy (non-hydrogen) atoms. The minimum absolute atomic E-state index is 0.0695. The van der Waals surface area contributed by atoms with E-state index < -0.39 is 0 Å². The van der Waals surface area contributed by atoms with Crippen molar-refractivity contribution in [2.45, 2.75) is 13.3 Å². The van der Waals surface area contributed by atoms with E-state index in [0.717, 1.165) is 27.7 Å². The van der Waals surface area contributed by atoms with Crippen molar-refractivity contribution in [3.05, 3.63) is 21.2 Å². The van der Waals surface area contributed by atoms with Gasteiger partial charge >= 0.3 is 0 Å². The van der Waals surface area contributed by atoms with Crippen molar-refractivity contribution < 1.29 is 4.79 Å². The zero-order valence-corrected chi connectivity index (χ0v) is 14.0. The molecule has 1 amide bonds. The number of hydrogen-bond acceptors (Lipinski definition) is 3. The molecular formula is C12H17Br2N3O. The first kappa shape index (κ1) is 15.4. The van der Waals surface area contributed by atoms with Crippen LogP contribution in [0.2, 0.25) is 0 Å². The molecule has 1 rings (SSSR count). The predicted molar refractivity (Wildman–Crippen MR) is 80.8 cm³/mol. The van der Waals surface area contributed by atoms with Crippen molar-refractivity contribution in [1.82, 2.24) is 9.88 Å². The summed E-state index contributed by atoms with van der Waals surface area (Å²) in [5.41, 5.74) is 0. The Balaban J connectivity index is 2.93. The molecule has 100 valence electrons. The summed E-state index contributed by atoms with van der Waals surface area (Å²) in [5.74, 6) is 0.871. The number of hydrogen-bond donors (Lipinski definition) is 0. The monoisotopic (exact) mass is 377 g/mol. The van der Waals surface area contributed by atoms with Gasteiger partial charge in [-0.2, -0.15) is 0 Å². The molecule has 0 saturated carbocycles. The molecule has 6 heteroatoms. The number of nitrogens with zero attached hydrogens (tertiary/aromatic N) is 3. The van der Waals surface area contributed by atoms with Gasteiger partial charge in [0.1, 0.15) is 5.82 Å². The molecule has 1 heterocycles. The van der Waals surface area contributed by atoms with Crippen LogP contribution in [0.15, 0.2) is 21.2 Å². The summed E-state index contributed by atoms with van der Waals surface area (Å²) in [7, 11) is 3.52. The highest BCUT2D eigenvalue weighted by Crippen LogP contribution is 2.26. The average molecular weight is 379 g/mol. The Hall–Kier alpha value is -0.620. The molecule has 0 unspecified atom stereocenters. The van der Waals surface area contributed by atoms with Gasteiger partial charge in [0, 0.05) is 31.3 Å². The van der Waals surface area contributed by atoms with Crippen LogP contribution < -0.4 is 4.90 Å². The van der Waals surface area contributed by atoms with Gasteiger partial charge in [-0.3, -0.25) is 4.79 Å². The number of carbonyl (C=O) groups excluding carboxylic acids is 1. The lowest BCUT2D eigenvalue weighted by molar-refractivity contribution is -0.127. The molecule has 4 nitrogen and oxygen atoms in total. The molecule has 1 aromatic heterocycles. The fourth-order valence-electron chi connectivity index (χ4n) is 1.47. The van der Waals surface area contributed by atoms with Crippen LogP contribution in [0.1, 0.15) is 13.3 Å². The van der Waals surface area contributed by atoms with Crippen LogP contribution in [-0.4, -0.2) is 43.0 Å². The van der Waals surface area contributed by atoms with Crippen LogP contribution in [0.25, 0.3) is 0 Å². The summed E-state index contributed by atoms with van der Waals surface area (Å²) >= 11 is 6.86. The SMILES string of the molecule is CCCN(CC(=O)N(C)C)c1ncc(Br)cc1Br. The highest BCUT2D eigenvalue weighted by atomic mass is 79.9. The van der Waals surface area contributed by atoms with Gasteiger partial charge in [-0.1, -0.05) is 6.92 Å². The van der Waals surface area contributed by atoms with Crippen LogP contribution in [0.4, 0.5) is 5.82 Å². The average Bonchev–Trinajstić information content (AvgIpc) is 2.28. The molecular weight excluding hydrogens is 362 g/mol. The summed E-state index contributed by atoms with van der Waals surface area (Å²) in [4.78, 5) is 19.8. The van der Waals surface area contributed by atoms with Crippen LogP contribution in [0.5, 0.6) is 0 Å². The summed E-state index contributed by atoms with van der Waals surface area (Å²) < 4.78 is 1.80. The first-order chi connectivity index (χ1) is 8.45.